The third-order valence-electron chi connectivity index (χ3n) is 2.40. The first-order valence-corrected chi connectivity index (χ1v) is 5.09. The Labute approximate surface area is 98.3 Å². The van der Waals surface area contributed by atoms with Crippen LogP contribution in [0.2, 0.25) is 0 Å². The normalized spacial score (nSPS) is 10.2. The monoisotopic (exact) mass is 232 g/mol. The molecule has 17 heavy (non-hydrogen) atoms. The molecule has 0 saturated heterocycles. The van der Waals surface area contributed by atoms with Gasteiger partial charge in [-0.3, -0.25) is 0 Å². The molecule has 0 aliphatic rings. The number of hydrogen-bond acceptors (Lipinski definition) is 4. The Balaban J connectivity index is 2.24. The van der Waals surface area contributed by atoms with Crippen molar-refractivity contribution in [3.8, 4) is 0 Å². The average molecular weight is 232 g/mol. The van der Waals surface area contributed by atoms with Gasteiger partial charge in [0.2, 0.25) is 0 Å². The SMILES string of the molecule is CN(Cc1ccoc1)c1cccnc1C(=O)O. The first-order valence-electron chi connectivity index (χ1n) is 5.09. The van der Waals surface area contributed by atoms with Gasteiger partial charge in [0.25, 0.3) is 0 Å². The van der Waals surface area contributed by atoms with Gasteiger partial charge in [-0.1, -0.05) is 0 Å². The van der Waals surface area contributed by atoms with Crippen LogP contribution in [0.1, 0.15) is 16.1 Å². The summed E-state index contributed by atoms with van der Waals surface area (Å²) in [6, 6.07) is 5.29. The average Bonchev–Trinajstić information content (AvgIpc) is 2.81. The number of nitrogens with zero attached hydrogens (tertiary/aromatic N) is 2. The van der Waals surface area contributed by atoms with Crippen molar-refractivity contribution in [2.45, 2.75) is 6.54 Å². The molecule has 2 aromatic heterocycles. The second kappa shape index (κ2) is 4.69. The van der Waals surface area contributed by atoms with E-state index in [0.717, 1.165) is 5.56 Å². The fourth-order valence-electron chi connectivity index (χ4n) is 1.61. The van der Waals surface area contributed by atoms with Crippen LogP contribution in [0.15, 0.2) is 41.3 Å². The molecule has 2 heterocycles. The molecule has 0 aliphatic carbocycles. The number of furan rings is 1. The molecular formula is C12H12N2O3. The van der Waals surface area contributed by atoms with Gasteiger partial charge in [0.15, 0.2) is 5.69 Å². The number of aromatic carboxylic acids is 1. The second-order valence-electron chi connectivity index (χ2n) is 3.66. The number of pyridine rings is 1. The summed E-state index contributed by atoms with van der Waals surface area (Å²) < 4.78 is 4.97. The third kappa shape index (κ3) is 2.44. The molecule has 0 amide bonds. The van der Waals surface area contributed by atoms with Crippen molar-refractivity contribution >= 4 is 11.7 Å². The van der Waals surface area contributed by atoms with E-state index in [2.05, 4.69) is 4.98 Å². The molecule has 0 fully saturated rings. The minimum Gasteiger partial charge on any atom is -0.476 e. The molecule has 5 nitrogen and oxygen atoms in total. The van der Waals surface area contributed by atoms with Gasteiger partial charge in [-0.05, 0) is 18.2 Å². The third-order valence-corrected chi connectivity index (χ3v) is 2.40. The highest BCUT2D eigenvalue weighted by Gasteiger charge is 2.14. The van der Waals surface area contributed by atoms with E-state index in [4.69, 9.17) is 9.52 Å². The van der Waals surface area contributed by atoms with E-state index in [-0.39, 0.29) is 5.69 Å². The van der Waals surface area contributed by atoms with Crippen molar-refractivity contribution in [3.05, 3.63) is 48.2 Å². The van der Waals surface area contributed by atoms with E-state index in [1.807, 2.05) is 18.0 Å². The van der Waals surface area contributed by atoms with Crippen LogP contribution in [0.5, 0.6) is 0 Å². The van der Waals surface area contributed by atoms with Gasteiger partial charge in [-0.15, -0.1) is 0 Å². The minimum atomic E-state index is -1.03. The Morgan fingerprint density at radius 3 is 3.00 bits per heavy atom. The topological polar surface area (TPSA) is 66.6 Å². The van der Waals surface area contributed by atoms with Crippen molar-refractivity contribution < 1.29 is 14.3 Å². The lowest BCUT2D eigenvalue weighted by molar-refractivity contribution is 0.0691. The predicted molar refractivity (Wildman–Crippen MR) is 62.0 cm³/mol. The van der Waals surface area contributed by atoms with Gasteiger partial charge >= 0.3 is 5.97 Å². The number of rotatable bonds is 4. The molecule has 0 aromatic carbocycles. The number of carbonyl (C=O) groups is 1. The summed E-state index contributed by atoms with van der Waals surface area (Å²) in [6.45, 7) is 0.572. The molecule has 0 bridgehead atoms. The minimum absolute atomic E-state index is 0.0542. The van der Waals surface area contributed by atoms with Gasteiger partial charge in [-0.2, -0.15) is 0 Å². The molecule has 0 radical (unpaired) electrons. The van der Waals surface area contributed by atoms with Gasteiger partial charge < -0.3 is 14.4 Å². The summed E-state index contributed by atoms with van der Waals surface area (Å²) in [5, 5.41) is 9.03. The molecule has 2 aromatic rings. The van der Waals surface area contributed by atoms with Crippen molar-refractivity contribution in [2.24, 2.45) is 0 Å². The van der Waals surface area contributed by atoms with Crippen LogP contribution in [-0.4, -0.2) is 23.1 Å². The summed E-state index contributed by atoms with van der Waals surface area (Å²) in [5.74, 6) is -1.03. The van der Waals surface area contributed by atoms with E-state index < -0.39 is 5.97 Å². The molecule has 88 valence electrons. The summed E-state index contributed by atoms with van der Waals surface area (Å²) in [7, 11) is 1.82. The molecule has 0 unspecified atom stereocenters. The maximum absolute atomic E-state index is 11.0. The molecule has 0 spiro atoms. The van der Waals surface area contributed by atoms with Gasteiger partial charge in [0, 0.05) is 25.4 Å². The Morgan fingerprint density at radius 2 is 2.35 bits per heavy atom. The van der Waals surface area contributed by atoms with Crippen LogP contribution in [-0.2, 0) is 6.54 Å². The van der Waals surface area contributed by atoms with Crippen LogP contribution < -0.4 is 4.90 Å². The van der Waals surface area contributed by atoms with Crippen LogP contribution in [0.25, 0.3) is 0 Å². The summed E-state index contributed by atoms with van der Waals surface area (Å²) >= 11 is 0. The second-order valence-corrected chi connectivity index (χ2v) is 3.66. The lowest BCUT2D eigenvalue weighted by Crippen LogP contribution is -2.19. The van der Waals surface area contributed by atoms with Crippen LogP contribution in [0, 0.1) is 0 Å². The van der Waals surface area contributed by atoms with Gasteiger partial charge in [0.05, 0.1) is 18.2 Å². The maximum atomic E-state index is 11.0. The fraction of sp³-hybridized carbons (Fsp3) is 0.167. The number of carboxylic acids is 1. The van der Waals surface area contributed by atoms with Crippen molar-refractivity contribution in [3.63, 3.8) is 0 Å². The van der Waals surface area contributed by atoms with Crippen LogP contribution in [0.3, 0.4) is 0 Å². The standard InChI is InChI=1S/C12H12N2O3/c1-14(7-9-4-6-17-8-9)10-3-2-5-13-11(10)12(15)16/h2-6,8H,7H2,1H3,(H,15,16). The Hall–Kier alpha value is -2.30. The summed E-state index contributed by atoms with van der Waals surface area (Å²) in [5.41, 5.74) is 1.62. The lowest BCUT2D eigenvalue weighted by atomic mass is 10.2. The van der Waals surface area contributed by atoms with Crippen molar-refractivity contribution in [1.29, 1.82) is 0 Å². The summed E-state index contributed by atoms with van der Waals surface area (Å²) in [4.78, 5) is 16.7. The fourth-order valence-corrected chi connectivity index (χ4v) is 1.61. The number of aromatic nitrogens is 1. The van der Waals surface area contributed by atoms with Crippen LogP contribution >= 0.6 is 0 Å². The van der Waals surface area contributed by atoms with Gasteiger partial charge in [-0.25, -0.2) is 9.78 Å². The molecule has 2 rings (SSSR count). The number of hydrogen-bond donors (Lipinski definition) is 1. The van der Waals surface area contributed by atoms with E-state index in [9.17, 15) is 4.79 Å². The Bertz CT molecular complexity index is 508. The molecular weight excluding hydrogens is 220 g/mol. The van der Waals surface area contributed by atoms with Crippen molar-refractivity contribution in [1.82, 2.24) is 4.98 Å². The van der Waals surface area contributed by atoms with E-state index >= 15 is 0 Å². The van der Waals surface area contributed by atoms with Gasteiger partial charge in [0.1, 0.15) is 0 Å². The predicted octanol–water partition coefficient (Wildman–Crippen LogP) is 2.01. The molecule has 0 saturated carbocycles. The quantitative estimate of drug-likeness (QED) is 0.873. The highest BCUT2D eigenvalue weighted by Crippen LogP contribution is 2.19. The highest BCUT2D eigenvalue weighted by atomic mass is 16.4. The number of carboxylic acid groups (broad SMARTS) is 1. The zero-order valence-electron chi connectivity index (χ0n) is 9.33. The number of anilines is 1. The Kier molecular flexibility index (Phi) is 3.09. The van der Waals surface area contributed by atoms with Crippen molar-refractivity contribution in [2.75, 3.05) is 11.9 Å². The first kappa shape index (κ1) is 11.2. The smallest absolute Gasteiger partial charge is 0.356 e. The largest absolute Gasteiger partial charge is 0.476 e. The maximum Gasteiger partial charge on any atom is 0.356 e. The zero-order valence-corrected chi connectivity index (χ0v) is 9.33. The molecule has 0 aliphatic heterocycles. The molecule has 1 N–H and O–H groups in total. The lowest BCUT2D eigenvalue weighted by Gasteiger charge is -2.19. The van der Waals surface area contributed by atoms with E-state index in [1.165, 1.54) is 6.20 Å². The van der Waals surface area contributed by atoms with Crippen LogP contribution in [0.4, 0.5) is 5.69 Å². The summed E-state index contributed by atoms with van der Waals surface area (Å²) in [6.07, 6.45) is 4.69. The first-order chi connectivity index (χ1) is 8.18. The zero-order chi connectivity index (χ0) is 12.3. The molecule has 5 heteroatoms. The van der Waals surface area contributed by atoms with E-state index in [0.29, 0.717) is 12.2 Å². The Morgan fingerprint density at radius 1 is 1.53 bits per heavy atom. The highest BCUT2D eigenvalue weighted by molar-refractivity contribution is 5.92. The molecule has 0 atom stereocenters. The van der Waals surface area contributed by atoms with E-state index in [1.54, 1.807) is 24.7 Å².